The van der Waals surface area contributed by atoms with Crippen LogP contribution in [0.1, 0.15) is 31.2 Å². The van der Waals surface area contributed by atoms with Crippen LogP contribution in [0.5, 0.6) is 5.75 Å². The summed E-state index contributed by atoms with van der Waals surface area (Å²) >= 11 is 0. The third-order valence-electron chi connectivity index (χ3n) is 5.01. The third kappa shape index (κ3) is 8.37. The lowest BCUT2D eigenvalue weighted by Gasteiger charge is -2.18. The number of carbonyl (C=O) groups excluding carboxylic acids is 1. The summed E-state index contributed by atoms with van der Waals surface area (Å²) in [5, 5.41) is 0. The molecule has 0 aromatic heterocycles. The fourth-order valence-electron chi connectivity index (χ4n) is 3.14. The number of likely N-dealkylation sites (N-methyl/N-ethyl adjacent to an activating group) is 2. The number of hydrogen-bond acceptors (Lipinski definition) is 3. The van der Waals surface area contributed by atoms with Gasteiger partial charge < -0.3 is 14.5 Å². The number of benzene rings is 2. The minimum Gasteiger partial charge on any atom is -0.494 e. The molecule has 0 aliphatic carbocycles. The standard InChI is InChI=1S/C25H33FN2O2/c1-4-17-27(2)18-7-5-6-8-19-30-24-15-13-23(14-16-24)28(3)25(29)20-21-9-11-22(26)12-10-21/h4,9-16H,1,5-8,17-20H2,2-3H3. The number of halogens is 1. The Morgan fingerprint density at radius 2 is 1.67 bits per heavy atom. The molecule has 162 valence electrons. The zero-order valence-electron chi connectivity index (χ0n) is 18.1. The molecule has 0 radical (unpaired) electrons. The minimum absolute atomic E-state index is 0.0472. The van der Waals surface area contributed by atoms with Gasteiger partial charge in [-0.2, -0.15) is 0 Å². The van der Waals surface area contributed by atoms with Gasteiger partial charge in [0.15, 0.2) is 0 Å². The van der Waals surface area contributed by atoms with E-state index < -0.39 is 0 Å². The monoisotopic (exact) mass is 412 g/mol. The largest absolute Gasteiger partial charge is 0.494 e. The Bertz CT molecular complexity index is 775. The van der Waals surface area contributed by atoms with Crippen molar-refractivity contribution in [1.29, 1.82) is 0 Å². The van der Waals surface area contributed by atoms with Gasteiger partial charge in [-0.3, -0.25) is 4.79 Å². The number of amides is 1. The number of nitrogens with zero attached hydrogens (tertiary/aromatic N) is 2. The molecule has 0 bridgehead atoms. The number of rotatable bonds is 13. The molecule has 4 nitrogen and oxygen atoms in total. The molecule has 0 unspecified atom stereocenters. The Hall–Kier alpha value is -2.66. The first-order valence-corrected chi connectivity index (χ1v) is 10.5. The van der Waals surface area contributed by atoms with Crippen LogP contribution >= 0.6 is 0 Å². The lowest BCUT2D eigenvalue weighted by Crippen LogP contribution is -2.27. The molecule has 0 aliphatic rings. The van der Waals surface area contributed by atoms with Crippen LogP contribution < -0.4 is 9.64 Å². The second-order valence-corrected chi connectivity index (χ2v) is 7.56. The van der Waals surface area contributed by atoms with Gasteiger partial charge in [-0.25, -0.2) is 4.39 Å². The van der Waals surface area contributed by atoms with E-state index in [-0.39, 0.29) is 18.1 Å². The van der Waals surface area contributed by atoms with E-state index in [1.54, 1.807) is 24.1 Å². The maximum absolute atomic E-state index is 13.0. The van der Waals surface area contributed by atoms with E-state index in [0.29, 0.717) is 6.61 Å². The highest BCUT2D eigenvalue weighted by Gasteiger charge is 2.12. The van der Waals surface area contributed by atoms with Crippen molar-refractivity contribution in [1.82, 2.24) is 4.90 Å². The van der Waals surface area contributed by atoms with Gasteiger partial charge in [-0.15, -0.1) is 6.58 Å². The first-order valence-electron chi connectivity index (χ1n) is 10.5. The molecule has 0 atom stereocenters. The first kappa shape index (κ1) is 23.6. The van der Waals surface area contributed by atoms with E-state index in [0.717, 1.165) is 42.9 Å². The van der Waals surface area contributed by atoms with Crippen LogP contribution in [-0.2, 0) is 11.2 Å². The Morgan fingerprint density at radius 3 is 2.33 bits per heavy atom. The van der Waals surface area contributed by atoms with Gasteiger partial charge in [0, 0.05) is 19.3 Å². The number of carbonyl (C=O) groups is 1. The van der Waals surface area contributed by atoms with Crippen molar-refractivity contribution in [3.05, 3.63) is 72.6 Å². The predicted octanol–water partition coefficient (Wildman–Crippen LogP) is 5.09. The molecular formula is C25H33FN2O2. The zero-order chi connectivity index (χ0) is 21.8. The lowest BCUT2D eigenvalue weighted by molar-refractivity contribution is -0.117. The summed E-state index contributed by atoms with van der Waals surface area (Å²) in [6.45, 7) is 6.48. The van der Waals surface area contributed by atoms with Crippen molar-refractivity contribution < 1.29 is 13.9 Å². The van der Waals surface area contributed by atoms with Crippen molar-refractivity contribution in [2.75, 3.05) is 38.7 Å². The fourth-order valence-corrected chi connectivity index (χ4v) is 3.14. The second-order valence-electron chi connectivity index (χ2n) is 7.56. The molecule has 2 rings (SSSR count). The van der Waals surface area contributed by atoms with Crippen LogP contribution in [-0.4, -0.2) is 44.6 Å². The summed E-state index contributed by atoms with van der Waals surface area (Å²) in [6, 6.07) is 13.6. The summed E-state index contributed by atoms with van der Waals surface area (Å²) < 4.78 is 18.8. The third-order valence-corrected chi connectivity index (χ3v) is 5.01. The van der Waals surface area contributed by atoms with Crippen molar-refractivity contribution in [3.63, 3.8) is 0 Å². The number of anilines is 1. The van der Waals surface area contributed by atoms with E-state index >= 15 is 0 Å². The van der Waals surface area contributed by atoms with E-state index in [1.165, 1.54) is 25.0 Å². The van der Waals surface area contributed by atoms with Crippen molar-refractivity contribution in [2.24, 2.45) is 0 Å². The average molecular weight is 413 g/mol. The molecule has 0 spiro atoms. The Labute approximate surface area is 180 Å². The molecule has 5 heteroatoms. The van der Waals surface area contributed by atoms with Gasteiger partial charge in [-0.1, -0.05) is 31.1 Å². The summed E-state index contributed by atoms with van der Waals surface area (Å²) in [6.07, 6.45) is 6.74. The molecule has 1 amide bonds. The van der Waals surface area contributed by atoms with Crippen molar-refractivity contribution in [2.45, 2.75) is 32.1 Å². The Balaban J connectivity index is 1.68. The van der Waals surface area contributed by atoms with E-state index in [1.807, 2.05) is 30.3 Å². The van der Waals surface area contributed by atoms with Crippen LogP contribution in [0, 0.1) is 5.82 Å². The summed E-state index contributed by atoms with van der Waals surface area (Å²) in [4.78, 5) is 16.3. The summed E-state index contributed by atoms with van der Waals surface area (Å²) in [5.41, 5.74) is 1.60. The fraction of sp³-hybridized carbons (Fsp3) is 0.400. The highest BCUT2D eigenvalue weighted by molar-refractivity contribution is 5.94. The van der Waals surface area contributed by atoms with Crippen LogP contribution in [0.2, 0.25) is 0 Å². The quantitative estimate of drug-likeness (QED) is 0.339. The smallest absolute Gasteiger partial charge is 0.231 e. The van der Waals surface area contributed by atoms with E-state index in [9.17, 15) is 9.18 Å². The van der Waals surface area contributed by atoms with Gasteiger partial charge in [0.25, 0.3) is 0 Å². The van der Waals surface area contributed by atoms with Crippen LogP contribution in [0.15, 0.2) is 61.2 Å². The average Bonchev–Trinajstić information content (AvgIpc) is 2.74. The minimum atomic E-state index is -0.300. The van der Waals surface area contributed by atoms with Gasteiger partial charge in [0.2, 0.25) is 5.91 Å². The van der Waals surface area contributed by atoms with Crippen molar-refractivity contribution in [3.8, 4) is 5.75 Å². The molecule has 2 aromatic rings. The molecule has 2 aromatic carbocycles. The lowest BCUT2D eigenvalue weighted by atomic mass is 10.1. The highest BCUT2D eigenvalue weighted by Crippen LogP contribution is 2.20. The number of hydrogen-bond donors (Lipinski definition) is 0. The highest BCUT2D eigenvalue weighted by atomic mass is 19.1. The van der Waals surface area contributed by atoms with Crippen LogP contribution in [0.25, 0.3) is 0 Å². The maximum atomic E-state index is 13.0. The SMILES string of the molecule is C=CCN(C)CCCCCCOc1ccc(N(C)C(=O)Cc2ccc(F)cc2)cc1. The molecular weight excluding hydrogens is 379 g/mol. The van der Waals surface area contributed by atoms with Gasteiger partial charge in [0.05, 0.1) is 13.0 Å². The Morgan fingerprint density at radius 1 is 1.00 bits per heavy atom. The van der Waals surface area contributed by atoms with Crippen molar-refractivity contribution >= 4 is 11.6 Å². The van der Waals surface area contributed by atoms with Gasteiger partial charge in [0.1, 0.15) is 11.6 Å². The molecule has 0 heterocycles. The van der Waals surface area contributed by atoms with Gasteiger partial charge in [-0.05, 0) is 68.4 Å². The molecule has 0 aliphatic heterocycles. The molecule has 30 heavy (non-hydrogen) atoms. The normalized spacial score (nSPS) is 10.8. The maximum Gasteiger partial charge on any atom is 0.231 e. The predicted molar refractivity (Wildman–Crippen MR) is 122 cm³/mol. The zero-order valence-corrected chi connectivity index (χ0v) is 18.1. The van der Waals surface area contributed by atoms with E-state index in [4.69, 9.17) is 4.74 Å². The topological polar surface area (TPSA) is 32.8 Å². The van der Waals surface area contributed by atoms with Crippen LogP contribution in [0.3, 0.4) is 0 Å². The Kier molecular flexibility index (Phi) is 10.1. The molecule has 0 saturated carbocycles. The van der Waals surface area contributed by atoms with Crippen LogP contribution in [0.4, 0.5) is 10.1 Å². The van der Waals surface area contributed by atoms with Gasteiger partial charge >= 0.3 is 0 Å². The molecule has 0 N–H and O–H groups in total. The summed E-state index contributed by atoms with van der Waals surface area (Å²) in [5.74, 6) is 0.462. The second kappa shape index (κ2) is 12.8. The number of unbranched alkanes of at least 4 members (excludes halogenated alkanes) is 3. The first-order chi connectivity index (χ1) is 14.5. The van der Waals surface area contributed by atoms with E-state index in [2.05, 4.69) is 18.5 Å². The summed E-state index contributed by atoms with van der Waals surface area (Å²) in [7, 11) is 3.86. The number of ether oxygens (including phenoxy) is 1. The molecule has 0 fully saturated rings. The molecule has 0 saturated heterocycles.